The van der Waals surface area contributed by atoms with Gasteiger partial charge in [-0.05, 0) is 80.4 Å². The Morgan fingerprint density at radius 1 is 1.12 bits per heavy atom. The number of sulfone groups is 1. The summed E-state index contributed by atoms with van der Waals surface area (Å²) in [6.07, 6.45) is 16.8. The average Bonchev–Trinajstić information content (AvgIpc) is 3.29. The number of thioether (sulfide) groups is 1. The first-order valence-corrected chi connectivity index (χ1v) is 15.3. The Kier molecular flexibility index (Phi) is 9.34. The van der Waals surface area contributed by atoms with Gasteiger partial charge in [0.25, 0.3) is 0 Å². The summed E-state index contributed by atoms with van der Waals surface area (Å²) in [5.41, 5.74) is 2.58. The van der Waals surface area contributed by atoms with E-state index in [9.17, 15) is 8.42 Å². The highest BCUT2D eigenvalue weighted by atomic mass is 32.2. The Labute approximate surface area is 209 Å². The number of nitrogens with zero attached hydrogens (tertiary/aromatic N) is 2. The normalized spacial score (nSPS) is 22.4. The number of fused-ring (bicyclic) bond motifs is 1. The minimum atomic E-state index is -3.15. The summed E-state index contributed by atoms with van der Waals surface area (Å²) in [6.45, 7) is 4.09. The van der Waals surface area contributed by atoms with Gasteiger partial charge >= 0.3 is 0 Å². The molecule has 5 nitrogen and oxygen atoms in total. The van der Waals surface area contributed by atoms with Gasteiger partial charge in [0.15, 0.2) is 9.84 Å². The van der Waals surface area contributed by atoms with Crippen LogP contribution in [0.15, 0.2) is 59.0 Å². The molecule has 34 heavy (non-hydrogen) atoms. The van der Waals surface area contributed by atoms with Crippen LogP contribution in [0.1, 0.15) is 37.7 Å². The lowest BCUT2D eigenvalue weighted by Gasteiger charge is -2.23. The fourth-order valence-electron chi connectivity index (χ4n) is 5.02. The van der Waals surface area contributed by atoms with Crippen LogP contribution < -0.4 is 4.74 Å². The third-order valence-electron chi connectivity index (χ3n) is 6.94. The Morgan fingerprint density at radius 3 is 2.91 bits per heavy atom. The van der Waals surface area contributed by atoms with E-state index in [1.807, 2.05) is 12.1 Å². The smallest absolute Gasteiger partial charge is 0.164 e. The number of hydrogen-bond acceptors (Lipinski definition) is 6. The first-order valence-electron chi connectivity index (χ1n) is 12.5. The van der Waals surface area contributed by atoms with Crippen molar-refractivity contribution in [2.45, 2.75) is 43.5 Å². The first kappa shape index (κ1) is 25.5. The van der Waals surface area contributed by atoms with E-state index in [0.29, 0.717) is 19.0 Å². The SMILES string of the molecule is COc1ccc2c(c1)CN(CS(=O)(=O)CCN1CCCC(CC3=CC=CCC=C3)CC1)CCS2. The molecular formula is C27H38N2O3S2. The monoisotopic (exact) mass is 502 g/mol. The third-order valence-corrected chi connectivity index (χ3v) is 9.60. The summed E-state index contributed by atoms with van der Waals surface area (Å²) in [5.74, 6) is 2.80. The van der Waals surface area contributed by atoms with Gasteiger partial charge in [-0.15, -0.1) is 11.8 Å². The first-order chi connectivity index (χ1) is 16.5. The summed E-state index contributed by atoms with van der Waals surface area (Å²) in [4.78, 5) is 5.67. The number of methoxy groups -OCH3 is 1. The maximum absolute atomic E-state index is 13.0. The predicted octanol–water partition coefficient (Wildman–Crippen LogP) is 4.91. The van der Waals surface area contributed by atoms with Crippen LogP contribution >= 0.6 is 11.8 Å². The topological polar surface area (TPSA) is 49.9 Å². The summed E-state index contributed by atoms with van der Waals surface area (Å²) in [6, 6.07) is 6.10. The van der Waals surface area contributed by atoms with Gasteiger partial charge in [-0.3, -0.25) is 4.90 Å². The van der Waals surface area contributed by atoms with Crippen molar-refractivity contribution in [3.05, 3.63) is 59.7 Å². The largest absolute Gasteiger partial charge is 0.497 e. The molecule has 7 heteroatoms. The van der Waals surface area contributed by atoms with Crippen molar-refractivity contribution in [2.24, 2.45) is 5.92 Å². The lowest BCUT2D eigenvalue weighted by Crippen LogP contribution is -2.36. The molecule has 0 bridgehead atoms. The zero-order chi connectivity index (χ0) is 23.8. The predicted molar refractivity (Wildman–Crippen MR) is 142 cm³/mol. The van der Waals surface area contributed by atoms with Crippen LogP contribution in [-0.4, -0.2) is 68.9 Å². The lowest BCUT2D eigenvalue weighted by molar-refractivity contribution is 0.293. The lowest BCUT2D eigenvalue weighted by atomic mass is 9.92. The molecule has 2 heterocycles. The van der Waals surface area contributed by atoms with Crippen LogP contribution in [0.3, 0.4) is 0 Å². The molecule has 0 amide bonds. The second kappa shape index (κ2) is 12.4. The molecule has 4 rings (SSSR count). The van der Waals surface area contributed by atoms with Crippen LogP contribution in [0.25, 0.3) is 0 Å². The Morgan fingerprint density at radius 2 is 2.03 bits per heavy atom. The molecule has 1 aliphatic carbocycles. The number of hydrogen-bond donors (Lipinski definition) is 0. The fourth-order valence-corrected chi connectivity index (χ4v) is 7.50. The highest BCUT2D eigenvalue weighted by Gasteiger charge is 2.23. The van der Waals surface area contributed by atoms with Crippen LogP contribution in [0.4, 0.5) is 0 Å². The van der Waals surface area contributed by atoms with Gasteiger partial charge in [-0.2, -0.15) is 0 Å². The van der Waals surface area contributed by atoms with Gasteiger partial charge in [-0.1, -0.05) is 30.4 Å². The molecule has 3 aliphatic rings. The molecule has 1 aromatic rings. The van der Waals surface area contributed by atoms with Crippen molar-refractivity contribution in [2.75, 3.05) is 50.7 Å². The highest BCUT2D eigenvalue weighted by Crippen LogP contribution is 2.31. The van der Waals surface area contributed by atoms with Gasteiger partial charge in [0.05, 0.1) is 12.9 Å². The van der Waals surface area contributed by atoms with Crippen molar-refractivity contribution in [3.63, 3.8) is 0 Å². The molecular weight excluding hydrogens is 464 g/mol. The van der Waals surface area contributed by atoms with E-state index >= 15 is 0 Å². The van der Waals surface area contributed by atoms with Gasteiger partial charge in [0, 0.05) is 30.3 Å². The van der Waals surface area contributed by atoms with Crippen molar-refractivity contribution >= 4 is 21.6 Å². The molecule has 0 saturated carbocycles. The number of benzene rings is 1. The molecule has 2 aliphatic heterocycles. The van der Waals surface area contributed by atoms with Crippen molar-refractivity contribution in [1.29, 1.82) is 0 Å². The van der Waals surface area contributed by atoms with E-state index in [4.69, 9.17) is 4.74 Å². The molecule has 1 unspecified atom stereocenters. The molecule has 0 spiro atoms. The van der Waals surface area contributed by atoms with E-state index in [1.165, 1.54) is 16.9 Å². The Balaban J connectivity index is 1.26. The highest BCUT2D eigenvalue weighted by molar-refractivity contribution is 7.99. The van der Waals surface area contributed by atoms with Gasteiger partial charge in [0.2, 0.25) is 0 Å². The Hall–Kier alpha value is -1.54. The summed E-state index contributed by atoms with van der Waals surface area (Å²) in [7, 11) is -1.48. The second-order valence-corrected chi connectivity index (χ2v) is 12.9. The quantitative estimate of drug-likeness (QED) is 0.503. The fraction of sp³-hybridized carbons (Fsp3) is 0.556. The van der Waals surface area contributed by atoms with Crippen molar-refractivity contribution < 1.29 is 13.2 Å². The number of rotatable bonds is 8. The molecule has 1 saturated heterocycles. The van der Waals surface area contributed by atoms with E-state index in [1.54, 1.807) is 18.9 Å². The molecule has 0 N–H and O–H groups in total. The third kappa shape index (κ3) is 7.74. The van der Waals surface area contributed by atoms with Crippen LogP contribution in [0.5, 0.6) is 5.75 Å². The van der Waals surface area contributed by atoms with Crippen molar-refractivity contribution in [3.8, 4) is 5.75 Å². The molecule has 186 valence electrons. The second-order valence-electron chi connectivity index (χ2n) is 9.60. The van der Waals surface area contributed by atoms with Crippen LogP contribution in [0, 0.1) is 5.92 Å². The minimum Gasteiger partial charge on any atom is -0.497 e. The van der Waals surface area contributed by atoms with Gasteiger partial charge < -0.3 is 9.64 Å². The van der Waals surface area contributed by atoms with Crippen LogP contribution in [-0.2, 0) is 16.4 Å². The van der Waals surface area contributed by atoms with Crippen LogP contribution in [0.2, 0.25) is 0 Å². The number of allylic oxidation sites excluding steroid dienone is 6. The molecule has 1 fully saturated rings. The molecule has 1 aromatic carbocycles. The number of ether oxygens (including phenoxy) is 1. The van der Waals surface area contributed by atoms with Gasteiger partial charge in [-0.25, -0.2) is 8.42 Å². The Bertz CT molecular complexity index is 1020. The molecule has 0 aromatic heterocycles. The average molecular weight is 503 g/mol. The maximum atomic E-state index is 13.0. The van der Waals surface area contributed by atoms with E-state index < -0.39 is 9.84 Å². The van der Waals surface area contributed by atoms with E-state index in [0.717, 1.165) is 62.4 Å². The maximum Gasteiger partial charge on any atom is 0.164 e. The van der Waals surface area contributed by atoms with E-state index in [-0.39, 0.29) is 11.6 Å². The summed E-state index contributed by atoms with van der Waals surface area (Å²) in [5, 5.41) is 0. The van der Waals surface area contributed by atoms with Gasteiger partial charge in [0.1, 0.15) is 11.6 Å². The minimum absolute atomic E-state index is 0.134. The zero-order valence-corrected chi connectivity index (χ0v) is 22.0. The summed E-state index contributed by atoms with van der Waals surface area (Å²) >= 11 is 1.80. The molecule has 0 radical (unpaired) electrons. The zero-order valence-electron chi connectivity index (χ0n) is 20.3. The summed E-state index contributed by atoms with van der Waals surface area (Å²) < 4.78 is 31.4. The molecule has 1 atom stereocenters. The van der Waals surface area contributed by atoms with E-state index in [2.05, 4.69) is 46.2 Å². The standard InChI is InChI=1S/C27H38N2O3S2/c1-32-26-10-11-27-25(20-26)21-29(15-17-33-27)22-34(30,31)18-16-28-13-6-9-24(12-14-28)19-23-7-4-2-3-5-8-23/h2,4-5,7-8,10-11,20,24H,3,6,9,12-19,21-22H2,1H3. The van der Waals surface area contributed by atoms with Crippen molar-refractivity contribution in [1.82, 2.24) is 9.80 Å². The number of likely N-dealkylation sites (tertiary alicyclic amines) is 1.